The Labute approximate surface area is 162 Å². The Balaban J connectivity index is 1.81. The number of rotatable bonds is 5. The number of anilines is 1. The number of aryl methyl sites for hydroxylation is 2. The van der Waals surface area contributed by atoms with E-state index in [0.29, 0.717) is 35.1 Å². The van der Waals surface area contributed by atoms with E-state index in [-0.39, 0.29) is 10.7 Å². The van der Waals surface area contributed by atoms with E-state index in [9.17, 15) is 18.0 Å². The molecule has 27 heavy (non-hydrogen) atoms. The van der Waals surface area contributed by atoms with Crippen LogP contribution in [0, 0.1) is 13.8 Å². The standard InChI is InChI=1S/C18H21N3O4S2/c1-11-6-8-14(9-7-11)27(24,25)21-10-4-5-15(21)17(23)20-18-19-12(2)16(26-18)13(3)22/h6-9,15H,4-5,10H2,1-3H3,(H,19,20,23). The zero-order chi connectivity index (χ0) is 19.8. The summed E-state index contributed by atoms with van der Waals surface area (Å²) in [7, 11) is -3.76. The Bertz CT molecular complexity index is 981. The van der Waals surface area contributed by atoms with Gasteiger partial charge in [-0.2, -0.15) is 4.31 Å². The minimum Gasteiger partial charge on any atom is -0.301 e. The van der Waals surface area contributed by atoms with Crippen LogP contribution in [-0.4, -0.2) is 42.0 Å². The largest absolute Gasteiger partial charge is 0.301 e. The van der Waals surface area contributed by atoms with Crippen LogP contribution in [0.2, 0.25) is 0 Å². The molecule has 3 rings (SSSR count). The fraction of sp³-hybridized carbons (Fsp3) is 0.389. The maximum absolute atomic E-state index is 12.9. The summed E-state index contributed by atoms with van der Waals surface area (Å²) in [6.45, 7) is 5.32. The summed E-state index contributed by atoms with van der Waals surface area (Å²) in [5, 5.41) is 2.98. The Morgan fingerprint density at radius 2 is 1.89 bits per heavy atom. The number of amides is 1. The van der Waals surface area contributed by atoms with E-state index >= 15 is 0 Å². The van der Waals surface area contributed by atoms with Gasteiger partial charge in [0.2, 0.25) is 15.9 Å². The molecule has 2 heterocycles. The number of thiazole rings is 1. The second kappa shape index (κ2) is 7.49. The highest BCUT2D eigenvalue weighted by Gasteiger charge is 2.39. The number of carbonyl (C=O) groups excluding carboxylic acids is 2. The molecular formula is C18H21N3O4S2. The molecule has 1 unspecified atom stereocenters. The molecule has 2 aromatic rings. The molecule has 9 heteroatoms. The molecule has 1 aromatic carbocycles. The fourth-order valence-electron chi connectivity index (χ4n) is 3.10. The topological polar surface area (TPSA) is 96.4 Å². The van der Waals surface area contributed by atoms with Crippen molar-refractivity contribution in [2.75, 3.05) is 11.9 Å². The van der Waals surface area contributed by atoms with Crippen LogP contribution in [0.5, 0.6) is 0 Å². The van der Waals surface area contributed by atoms with E-state index < -0.39 is 22.0 Å². The molecule has 1 atom stereocenters. The smallest absolute Gasteiger partial charge is 0.244 e. The summed E-state index contributed by atoms with van der Waals surface area (Å²) >= 11 is 1.10. The predicted molar refractivity (Wildman–Crippen MR) is 104 cm³/mol. The van der Waals surface area contributed by atoms with E-state index in [0.717, 1.165) is 16.9 Å². The van der Waals surface area contributed by atoms with Gasteiger partial charge in [-0.05, 0) is 38.8 Å². The summed E-state index contributed by atoms with van der Waals surface area (Å²) < 4.78 is 27.1. The maximum Gasteiger partial charge on any atom is 0.244 e. The van der Waals surface area contributed by atoms with Crippen molar-refractivity contribution in [3.63, 3.8) is 0 Å². The summed E-state index contributed by atoms with van der Waals surface area (Å²) in [4.78, 5) is 29.1. The quantitative estimate of drug-likeness (QED) is 0.769. The summed E-state index contributed by atoms with van der Waals surface area (Å²) in [5.74, 6) is -0.540. The molecule has 1 aliphatic rings. The van der Waals surface area contributed by atoms with Crippen LogP contribution in [0.1, 0.15) is 40.7 Å². The third kappa shape index (κ3) is 3.95. The molecule has 7 nitrogen and oxygen atoms in total. The minimum atomic E-state index is -3.76. The summed E-state index contributed by atoms with van der Waals surface area (Å²) in [5.41, 5.74) is 1.52. The van der Waals surface area contributed by atoms with Crippen LogP contribution in [0.15, 0.2) is 29.2 Å². The number of benzene rings is 1. The van der Waals surface area contributed by atoms with Crippen molar-refractivity contribution in [3.05, 3.63) is 40.4 Å². The number of hydrogen-bond donors (Lipinski definition) is 1. The highest BCUT2D eigenvalue weighted by atomic mass is 32.2. The van der Waals surface area contributed by atoms with Crippen molar-refractivity contribution in [1.82, 2.24) is 9.29 Å². The Kier molecular flexibility index (Phi) is 5.45. The van der Waals surface area contributed by atoms with Crippen LogP contribution in [-0.2, 0) is 14.8 Å². The Morgan fingerprint density at radius 3 is 2.48 bits per heavy atom. The molecule has 0 spiro atoms. The molecule has 1 aromatic heterocycles. The van der Waals surface area contributed by atoms with Gasteiger partial charge in [0.05, 0.1) is 15.5 Å². The van der Waals surface area contributed by atoms with Gasteiger partial charge in [-0.3, -0.25) is 9.59 Å². The molecule has 144 valence electrons. The third-order valence-corrected chi connectivity index (χ3v) is 7.58. The van der Waals surface area contributed by atoms with Crippen LogP contribution in [0.3, 0.4) is 0 Å². The number of carbonyl (C=O) groups is 2. The zero-order valence-electron chi connectivity index (χ0n) is 15.4. The van der Waals surface area contributed by atoms with E-state index in [2.05, 4.69) is 10.3 Å². The molecule has 0 aliphatic carbocycles. The summed E-state index contributed by atoms with van der Waals surface area (Å²) in [6, 6.07) is 5.79. The molecule has 1 saturated heterocycles. The molecule has 0 radical (unpaired) electrons. The van der Waals surface area contributed by atoms with Gasteiger partial charge in [0.1, 0.15) is 6.04 Å². The van der Waals surface area contributed by atoms with Crippen molar-refractivity contribution in [1.29, 1.82) is 0 Å². The SMILES string of the molecule is CC(=O)c1sc(NC(=O)C2CCCN2S(=O)(=O)c2ccc(C)cc2)nc1C. The average Bonchev–Trinajstić information content (AvgIpc) is 3.22. The monoisotopic (exact) mass is 407 g/mol. The van der Waals surface area contributed by atoms with Gasteiger partial charge < -0.3 is 5.32 Å². The van der Waals surface area contributed by atoms with Crippen molar-refractivity contribution in [2.24, 2.45) is 0 Å². The lowest BCUT2D eigenvalue weighted by atomic mass is 10.2. The lowest BCUT2D eigenvalue weighted by Crippen LogP contribution is -2.43. The van der Waals surface area contributed by atoms with Crippen molar-refractivity contribution >= 4 is 38.2 Å². The maximum atomic E-state index is 12.9. The minimum absolute atomic E-state index is 0.116. The number of nitrogens with zero attached hydrogens (tertiary/aromatic N) is 2. The Morgan fingerprint density at radius 1 is 1.22 bits per heavy atom. The first-order chi connectivity index (χ1) is 12.7. The lowest BCUT2D eigenvalue weighted by molar-refractivity contribution is -0.119. The second-order valence-electron chi connectivity index (χ2n) is 6.57. The average molecular weight is 408 g/mol. The van der Waals surface area contributed by atoms with Gasteiger partial charge in [0.25, 0.3) is 0 Å². The molecular weight excluding hydrogens is 386 g/mol. The summed E-state index contributed by atoms with van der Waals surface area (Å²) in [6.07, 6.45) is 1.06. The van der Waals surface area contributed by atoms with E-state index in [1.165, 1.54) is 11.2 Å². The van der Waals surface area contributed by atoms with E-state index in [1.807, 2.05) is 6.92 Å². The molecule has 0 bridgehead atoms. The third-order valence-electron chi connectivity index (χ3n) is 4.48. The van der Waals surface area contributed by atoms with Crippen LogP contribution in [0.25, 0.3) is 0 Å². The first-order valence-electron chi connectivity index (χ1n) is 8.58. The number of hydrogen-bond acceptors (Lipinski definition) is 6. The normalized spacial score (nSPS) is 17.8. The second-order valence-corrected chi connectivity index (χ2v) is 9.46. The number of aromatic nitrogens is 1. The number of nitrogens with one attached hydrogen (secondary N) is 1. The number of ketones is 1. The van der Waals surface area contributed by atoms with Crippen LogP contribution in [0.4, 0.5) is 5.13 Å². The number of Topliss-reactive ketones (excluding diaryl/α,β-unsaturated/α-hetero) is 1. The van der Waals surface area contributed by atoms with Crippen molar-refractivity contribution < 1.29 is 18.0 Å². The first kappa shape index (κ1) is 19.7. The van der Waals surface area contributed by atoms with E-state index in [1.54, 1.807) is 31.2 Å². The van der Waals surface area contributed by atoms with E-state index in [4.69, 9.17) is 0 Å². The lowest BCUT2D eigenvalue weighted by Gasteiger charge is -2.23. The van der Waals surface area contributed by atoms with Crippen LogP contribution >= 0.6 is 11.3 Å². The van der Waals surface area contributed by atoms with Gasteiger partial charge >= 0.3 is 0 Å². The molecule has 1 amide bonds. The highest BCUT2D eigenvalue weighted by molar-refractivity contribution is 7.89. The van der Waals surface area contributed by atoms with Crippen LogP contribution < -0.4 is 5.32 Å². The van der Waals surface area contributed by atoms with Gasteiger partial charge in [-0.15, -0.1) is 0 Å². The predicted octanol–water partition coefficient (Wildman–Crippen LogP) is 2.75. The Hall–Kier alpha value is -2.10. The highest BCUT2D eigenvalue weighted by Crippen LogP contribution is 2.28. The van der Waals surface area contributed by atoms with Gasteiger partial charge in [0, 0.05) is 13.5 Å². The molecule has 1 fully saturated rings. The molecule has 1 N–H and O–H groups in total. The fourth-order valence-corrected chi connectivity index (χ4v) is 5.62. The van der Waals surface area contributed by atoms with Gasteiger partial charge in [-0.25, -0.2) is 13.4 Å². The van der Waals surface area contributed by atoms with Gasteiger partial charge in [-0.1, -0.05) is 29.0 Å². The first-order valence-corrected chi connectivity index (χ1v) is 10.8. The van der Waals surface area contributed by atoms with Crippen molar-refractivity contribution in [2.45, 2.75) is 44.6 Å². The molecule has 0 saturated carbocycles. The molecule has 1 aliphatic heterocycles. The number of sulfonamides is 1. The zero-order valence-corrected chi connectivity index (χ0v) is 17.0. The van der Waals surface area contributed by atoms with Crippen molar-refractivity contribution in [3.8, 4) is 0 Å². The van der Waals surface area contributed by atoms with Gasteiger partial charge in [0.15, 0.2) is 10.9 Å².